The Morgan fingerprint density at radius 2 is 1.68 bits per heavy atom. The van der Waals surface area contributed by atoms with Gasteiger partial charge in [-0.05, 0) is 55.7 Å². The Hall–Kier alpha value is -2.69. The predicted octanol–water partition coefficient (Wildman–Crippen LogP) is 4.16. The van der Waals surface area contributed by atoms with Crippen molar-refractivity contribution in [3.05, 3.63) is 53.6 Å². The fourth-order valence-corrected chi connectivity index (χ4v) is 2.49. The van der Waals surface area contributed by atoms with E-state index in [2.05, 4.69) is 17.6 Å². The number of urea groups is 1. The van der Waals surface area contributed by atoms with Gasteiger partial charge in [0.2, 0.25) is 0 Å². The fourth-order valence-electron chi connectivity index (χ4n) is 2.49. The number of benzene rings is 2. The quantitative estimate of drug-likeness (QED) is 0.708. The first-order chi connectivity index (χ1) is 12.1. The molecule has 0 aliphatic carbocycles. The molecule has 5 nitrogen and oxygen atoms in total. The first-order valence-corrected chi connectivity index (χ1v) is 8.63. The van der Waals surface area contributed by atoms with E-state index in [9.17, 15) is 4.79 Å². The Morgan fingerprint density at radius 3 is 2.32 bits per heavy atom. The van der Waals surface area contributed by atoms with Gasteiger partial charge >= 0.3 is 6.03 Å². The number of para-hydroxylation sites is 1. The third-order valence-electron chi connectivity index (χ3n) is 3.77. The van der Waals surface area contributed by atoms with Crippen LogP contribution in [0.25, 0.3) is 0 Å². The fraction of sp³-hybridized carbons (Fsp3) is 0.350. The van der Waals surface area contributed by atoms with Gasteiger partial charge in [0, 0.05) is 5.69 Å². The van der Waals surface area contributed by atoms with Gasteiger partial charge in [0.1, 0.15) is 18.1 Å². The van der Waals surface area contributed by atoms with Crippen molar-refractivity contribution in [2.24, 2.45) is 0 Å². The molecule has 0 unspecified atom stereocenters. The zero-order valence-electron chi connectivity index (χ0n) is 15.1. The van der Waals surface area contributed by atoms with Crippen molar-refractivity contribution >= 4 is 11.7 Å². The van der Waals surface area contributed by atoms with Crippen LogP contribution in [-0.2, 0) is 6.42 Å². The number of carbonyl (C=O) groups is 1. The Balaban J connectivity index is 1.75. The highest BCUT2D eigenvalue weighted by Crippen LogP contribution is 2.21. The lowest BCUT2D eigenvalue weighted by atomic mass is 10.1. The lowest BCUT2D eigenvalue weighted by Crippen LogP contribution is -2.32. The number of nitrogens with one attached hydrogen (secondary N) is 2. The van der Waals surface area contributed by atoms with Gasteiger partial charge in [-0.2, -0.15) is 0 Å². The SMILES string of the molecule is CCOc1ccc(OCCNC(=O)Nc2c(C)cccc2CC)cc1. The molecule has 0 aliphatic rings. The zero-order valence-corrected chi connectivity index (χ0v) is 15.1. The molecule has 25 heavy (non-hydrogen) atoms. The molecule has 134 valence electrons. The molecule has 2 aromatic carbocycles. The van der Waals surface area contributed by atoms with E-state index in [1.165, 1.54) is 0 Å². The largest absolute Gasteiger partial charge is 0.494 e. The van der Waals surface area contributed by atoms with Crippen LogP contribution in [0.3, 0.4) is 0 Å². The summed E-state index contributed by atoms with van der Waals surface area (Å²) in [4.78, 5) is 12.1. The highest BCUT2D eigenvalue weighted by Gasteiger charge is 2.08. The number of hydrogen-bond donors (Lipinski definition) is 2. The minimum atomic E-state index is -0.223. The summed E-state index contributed by atoms with van der Waals surface area (Å²) in [5.41, 5.74) is 3.07. The zero-order chi connectivity index (χ0) is 18.1. The molecule has 0 bridgehead atoms. The molecule has 2 N–H and O–H groups in total. The summed E-state index contributed by atoms with van der Waals surface area (Å²) in [7, 11) is 0. The second-order valence-corrected chi connectivity index (χ2v) is 5.60. The molecule has 0 fully saturated rings. The van der Waals surface area contributed by atoms with Crippen LogP contribution in [-0.4, -0.2) is 25.8 Å². The number of rotatable bonds is 8. The molecule has 0 heterocycles. The first kappa shape index (κ1) is 18.6. The number of amides is 2. The summed E-state index contributed by atoms with van der Waals surface area (Å²) in [5, 5.41) is 5.74. The smallest absolute Gasteiger partial charge is 0.319 e. The van der Waals surface area contributed by atoms with E-state index >= 15 is 0 Å². The summed E-state index contributed by atoms with van der Waals surface area (Å²) >= 11 is 0. The van der Waals surface area contributed by atoms with Crippen LogP contribution < -0.4 is 20.1 Å². The Morgan fingerprint density at radius 1 is 1.00 bits per heavy atom. The highest BCUT2D eigenvalue weighted by molar-refractivity contribution is 5.91. The Kier molecular flexibility index (Phi) is 7.14. The lowest BCUT2D eigenvalue weighted by Gasteiger charge is -2.14. The van der Waals surface area contributed by atoms with Crippen molar-refractivity contribution in [2.75, 3.05) is 25.1 Å². The maximum Gasteiger partial charge on any atom is 0.319 e. The molecule has 0 spiro atoms. The second-order valence-electron chi connectivity index (χ2n) is 5.60. The van der Waals surface area contributed by atoms with Gasteiger partial charge in [-0.15, -0.1) is 0 Å². The molecule has 0 saturated carbocycles. The van der Waals surface area contributed by atoms with E-state index in [0.717, 1.165) is 34.7 Å². The summed E-state index contributed by atoms with van der Waals surface area (Å²) < 4.78 is 11.0. The minimum Gasteiger partial charge on any atom is -0.494 e. The normalized spacial score (nSPS) is 10.2. The molecule has 2 amide bonds. The summed E-state index contributed by atoms with van der Waals surface area (Å²) in [6, 6.07) is 13.2. The minimum absolute atomic E-state index is 0.223. The molecule has 0 saturated heterocycles. The molecular weight excluding hydrogens is 316 g/mol. The van der Waals surface area contributed by atoms with E-state index in [-0.39, 0.29) is 6.03 Å². The number of hydrogen-bond acceptors (Lipinski definition) is 3. The Bertz CT molecular complexity index is 684. The van der Waals surface area contributed by atoms with Crippen LogP contribution in [0.1, 0.15) is 25.0 Å². The topological polar surface area (TPSA) is 59.6 Å². The van der Waals surface area contributed by atoms with Crippen LogP contribution in [0.4, 0.5) is 10.5 Å². The van der Waals surface area contributed by atoms with Gasteiger partial charge in [-0.3, -0.25) is 0 Å². The van der Waals surface area contributed by atoms with Crippen molar-refractivity contribution in [1.82, 2.24) is 5.32 Å². The highest BCUT2D eigenvalue weighted by atomic mass is 16.5. The van der Waals surface area contributed by atoms with Gasteiger partial charge in [0.25, 0.3) is 0 Å². The number of carbonyl (C=O) groups excluding carboxylic acids is 1. The molecule has 2 rings (SSSR count). The first-order valence-electron chi connectivity index (χ1n) is 8.63. The number of ether oxygens (including phenoxy) is 2. The van der Waals surface area contributed by atoms with E-state index in [1.54, 1.807) is 0 Å². The van der Waals surface area contributed by atoms with Gasteiger partial charge in [-0.25, -0.2) is 4.79 Å². The van der Waals surface area contributed by atoms with Crippen molar-refractivity contribution in [3.63, 3.8) is 0 Å². The van der Waals surface area contributed by atoms with Crippen molar-refractivity contribution in [1.29, 1.82) is 0 Å². The van der Waals surface area contributed by atoms with Gasteiger partial charge in [0.15, 0.2) is 0 Å². The van der Waals surface area contributed by atoms with Crippen molar-refractivity contribution in [2.45, 2.75) is 27.2 Å². The monoisotopic (exact) mass is 342 g/mol. The van der Waals surface area contributed by atoms with Gasteiger partial charge in [-0.1, -0.05) is 25.1 Å². The van der Waals surface area contributed by atoms with Crippen LogP contribution in [0.2, 0.25) is 0 Å². The molecular formula is C20H26N2O3. The van der Waals surface area contributed by atoms with Crippen molar-refractivity contribution < 1.29 is 14.3 Å². The maximum atomic E-state index is 12.1. The molecule has 0 aromatic heterocycles. The molecule has 2 aromatic rings. The summed E-state index contributed by atoms with van der Waals surface area (Å²) in [5.74, 6) is 1.56. The average molecular weight is 342 g/mol. The van der Waals surface area contributed by atoms with Crippen LogP contribution in [0.5, 0.6) is 11.5 Å². The van der Waals surface area contributed by atoms with Crippen LogP contribution in [0.15, 0.2) is 42.5 Å². The van der Waals surface area contributed by atoms with E-state index < -0.39 is 0 Å². The number of aryl methyl sites for hydroxylation is 2. The predicted molar refractivity (Wildman–Crippen MR) is 101 cm³/mol. The third-order valence-corrected chi connectivity index (χ3v) is 3.77. The second kappa shape index (κ2) is 9.57. The summed E-state index contributed by atoms with van der Waals surface area (Å²) in [6.45, 7) is 7.47. The molecule has 5 heteroatoms. The van der Waals surface area contributed by atoms with E-state index in [1.807, 2.05) is 56.3 Å². The molecule has 0 atom stereocenters. The summed E-state index contributed by atoms with van der Waals surface area (Å²) in [6.07, 6.45) is 0.873. The maximum absolute atomic E-state index is 12.1. The van der Waals surface area contributed by atoms with Gasteiger partial charge < -0.3 is 20.1 Å². The van der Waals surface area contributed by atoms with E-state index in [4.69, 9.17) is 9.47 Å². The third kappa shape index (κ3) is 5.71. The van der Waals surface area contributed by atoms with Gasteiger partial charge in [0.05, 0.1) is 13.2 Å². The van der Waals surface area contributed by atoms with Crippen LogP contribution >= 0.6 is 0 Å². The van der Waals surface area contributed by atoms with Crippen molar-refractivity contribution in [3.8, 4) is 11.5 Å². The Labute approximate surface area is 149 Å². The van der Waals surface area contributed by atoms with Crippen LogP contribution in [0, 0.1) is 6.92 Å². The molecule has 0 radical (unpaired) electrons. The van der Waals surface area contributed by atoms with E-state index in [0.29, 0.717) is 19.8 Å². The average Bonchev–Trinajstić information content (AvgIpc) is 2.62. The lowest BCUT2D eigenvalue weighted by molar-refractivity contribution is 0.247. The number of anilines is 1. The standard InChI is InChI=1S/C20H26N2O3/c1-4-16-8-6-7-15(3)19(16)22-20(23)21-13-14-25-18-11-9-17(10-12-18)24-5-2/h6-12H,4-5,13-14H2,1-3H3,(H2,21,22,23). The molecule has 0 aliphatic heterocycles.